The summed E-state index contributed by atoms with van der Waals surface area (Å²) in [6.45, 7) is 0. The molecule has 0 unspecified atom stereocenters. The third-order valence-electron chi connectivity index (χ3n) is 0. The van der Waals surface area contributed by atoms with Crippen molar-refractivity contribution in [1.82, 2.24) is 0 Å². The van der Waals surface area contributed by atoms with E-state index in [1.807, 2.05) is 0 Å². The van der Waals surface area contributed by atoms with Crippen molar-refractivity contribution in [2.24, 2.45) is 34.4 Å². The SMILES string of the molecule is NC(N)=S.NC(N)=S.NC(N)=S.[Cl][Cu]. The summed E-state index contributed by atoms with van der Waals surface area (Å²) in [6.07, 6.45) is 0. The maximum absolute atomic E-state index is 4.62. The molecule has 0 aliphatic carbocycles. The van der Waals surface area contributed by atoms with E-state index in [2.05, 4.69) is 96.3 Å². The first kappa shape index (κ1) is 23.6. The Morgan fingerprint density at radius 1 is 0.643 bits per heavy atom. The van der Waals surface area contributed by atoms with E-state index in [-0.39, 0.29) is 15.3 Å². The number of hydrogen-bond donors (Lipinski definition) is 6. The predicted octanol–water partition coefficient (Wildman–Crippen LogP) is -1.75. The Hall–Kier alpha value is -0.121. The van der Waals surface area contributed by atoms with Crippen LogP contribution in [-0.4, -0.2) is 15.3 Å². The van der Waals surface area contributed by atoms with Crippen LogP contribution in [-0.2, 0) is 15.1 Å². The Bertz CT molecular complexity index is 126. The number of hydrogen-bond acceptors (Lipinski definition) is 3. The summed E-state index contributed by atoms with van der Waals surface area (Å²) < 4.78 is 0. The molecule has 0 amide bonds. The van der Waals surface area contributed by atoms with Crippen molar-refractivity contribution < 1.29 is 15.1 Å². The van der Waals surface area contributed by atoms with Crippen LogP contribution in [0.25, 0.3) is 0 Å². The van der Waals surface area contributed by atoms with Gasteiger partial charge in [0.25, 0.3) is 0 Å². The van der Waals surface area contributed by atoms with E-state index in [1.165, 1.54) is 0 Å². The first-order valence-electron chi connectivity index (χ1n) is 2.46. The molecule has 0 aromatic heterocycles. The van der Waals surface area contributed by atoms with E-state index in [4.69, 9.17) is 0 Å². The van der Waals surface area contributed by atoms with Gasteiger partial charge >= 0.3 is 25.2 Å². The molecule has 0 atom stereocenters. The van der Waals surface area contributed by atoms with Crippen molar-refractivity contribution >= 4 is 62.1 Å². The molecule has 0 rings (SSSR count). The molecular formula is C3H12ClCuN6S3. The minimum atomic E-state index is 0.000000000000000222. The van der Waals surface area contributed by atoms with Gasteiger partial charge in [0, 0.05) is 0 Å². The van der Waals surface area contributed by atoms with Crippen LogP contribution in [0.4, 0.5) is 0 Å². The second kappa shape index (κ2) is 23.1. The van der Waals surface area contributed by atoms with Crippen LogP contribution in [0, 0.1) is 0 Å². The van der Waals surface area contributed by atoms with Gasteiger partial charge in [0.05, 0.1) is 0 Å². The molecule has 11 heteroatoms. The van der Waals surface area contributed by atoms with Crippen molar-refractivity contribution in [2.45, 2.75) is 0 Å². The second-order valence-electron chi connectivity index (χ2n) is 1.21. The predicted molar refractivity (Wildman–Crippen MR) is 68.8 cm³/mol. The van der Waals surface area contributed by atoms with E-state index < -0.39 is 0 Å². The molecule has 90 valence electrons. The Balaban J connectivity index is -0.0000000492. The maximum atomic E-state index is 4.62. The first-order valence-corrected chi connectivity index (χ1v) is 4.98. The van der Waals surface area contributed by atoms with Gasteiger partial charge in [-0.05, 0) is 36.7 Å². The standard InChI is InChI=1S/3CH4N2S.ClH.Cu/c3*2-1(3)4;;/h3*(H4,2,3,4);1H;/q;;;;+1/p-1. The average molecular weight is 327 g/mol. The van der Waals surface area contributed by atoms with Gasteiger partial charge in [-0.15, -0.1) is 0 Å². The van der Waals surface area contributed by atoms with Crippen LogP contribution in [0.3, 0.4) is 0 Å². The van der Waals surface area contributed by atoms with Crippen LogP contribution in [0.2, 0.25) is 0 Å². The van der Waals surface area contributed by atoms with Crippen LogP contribution in [0.5, 0.6) is 0 Å². The average Bonchev–Trinajstić information content (AvgIpc) is 1.86. The van der Waals surface area contributed by atoms with Crippen molar-refractivity contribution in [3.8, 4) is 0 Å². The van der Waals surface area contributed by atoms with E-state index in [9.17, 15) is 0 Å². The van der Waals surface area contributed by atoms with Gasteiger partial charge in [0.1, 0.15) is 0 Å². The fourth-order valence-electron chi connectivity index (χ4n) is 0. The summed E-state index contributed by atoms with van der Waals surface area (Å²) in [5.74, 6) is 0. The van der Waals surface area contributed by atoms with Crippen molar-refractivity contribution in [2.75, 3.05) is 0 Å². The number of halogens is 1. The third kappa shape index (κ3) is 96800. The molecule has 12 N–H and O–H groups in total. The Morgan fingerprint density at radius 2 is 0.643 bits per heavy atom. The normalized spacial score (nSPS) is 5.64. The van der Waals surface area contributed by atoms with Crippen molar-refractivity contribution in [1.29, 1.82) is 0 Å². The summed E-state index contributed by atoms with van der Waals surface area (Å²) in [5.41, 5.74) is 27.7. The molecule has 0 aromatic carbocycles. The zero-order chi connectivity index (χ0) is 12.7. The van der Waals surface area contributed by atoms with E-state index in [1.54, 1.807) is 0 Å². The molecule has 0 fully saturated rings. The first-order chi connectivity index (χ1) is 6.20. The van der Waals surface area contributed by atoms with Gasteiger partial charge < -0.3 is 34.4 Å². The fourth-order valence-corrected chi connectivity index (χ4v) is 0. The van der Waals surface area contributed by atoms with Gasteiger partial charge in [0.15, 0.2) is 15.3 Å². The van der Waals surface area contributed by atoms with Crippen LogP contribution >= 0.6 is 46.8 Å². The molecule has 0 heterocycles. The summed E-state index contributed by atoms with van der Waals surface area (Å²) in [5, 5.41) is 0.000000000000000666. The summed E-state index contributed by atoms with van der Waals surface area (Å²) in [4.78, 5) is 0. The van der Waals surface area contributed by atoms with E-state index >= 15 is 0 Å². The molecule has 0 spiro atoms. The summed E-state index contributed by atoms with van der Waals surface area (Å²) >= 11 is 15.9. The Kier molecular flexibility index (Phi) is 38.8. The summed E-state index contributed by atoms with van der Waals surface area (Å²) in [7, 11) is 4.20. The molecule has 0 bridgehead atoms. The molecule has 14 heavy (non-hydrogen) atoms. The van der Waals surface area contributed by atoms with E-state index in [0.29, 0.717) is 0 Å². The van der Waals surface area contributed by atoms with Crippen LogP contribution < -0.4 is 34.4 Å². The Morgan fingerprint density at radius 3 is 0.643 bits per heavy atom. The zero-order valence-electron chi connectivity index (χ0n) is 6.87. The number of nitrogens with two attached hydrogens (primary N) is 6. The second-order valence-corrected chi connectivity index (χ2v) is 2.62. The molecular weight excluding hydrogens is 315 g/mol. The van der Waals surface area contributed by atoms with Gasteiger partial charge in [-0.3, -0.25) is 0 Å². The molecule has 0 aliphatic heterocycles. The fraction of sp³-hybridized carbons (Fsp3) is 0. The molecule has 0 saturated heterocycles. The minimum absolute atomic E-state index is 0.000000000000000222. The monoisotopic (exact) mass is 326 g/mol. The third-order valence-corrected chi connectivity index (χ3v) is 0. The topological polar surface area (TPSA) is 156 Å². The van der Waals surface area contributed by atoms with Crippen molar-refractivity contribution in [3.05, 3.63) is 0 Å². The van der Waals surface area contributed by atoms with Crippen molar-refractivity contribution in [3.63, 3.8) is 0 Å². The quantitative estimate of drug-likeness (QED) is 0.224. The Labute approximate surface area is 111 Å². The van der Waals surface area contributed by atoms with Gasteiger partial charge in [-0.2, -0.15) is 0 Å². The van der Waals surface area contributed by atoms with Gasteiger partial charge in [-0.25, -0.2) is 0 Å². The number of rotatable bonds is 0. The molecule has 0 aromatic rings. The molecule has 0 aliphatic rings. The van der Waals surface area contributed by atoms with Gasteiger partial charge in [0.2, 0.25) is 0 Å². The van der Waals surface area contributed by atoms with Crippen LogP contribution in [0.1, 0.15) is 0 Å². The van der Waals surface area contributed by atoms with E-state index in [0.717, 1.165) is 0 Å². The molecule has 6 nitrogen and oxygen atoms in total. The number of thiocarbonyl (C=S) groups is 3. The molecule has 0 saturated carbocycles. The van der Waals surface area contributed by atoms with Crippen LogP contribution in [0.15, 0.2) is 0 Å². The summed E-state index contributed by atoms with van der Waals surface area (Å²) in [6, 6.07) is 0. The van der Waals surface area contributed by atoms with Gasteiger partial charge in [-0.1, -0.05) is 0 Å². The zero-order valence-corrected chi connectivity index (χ0v) is 11.0. The molecule has 0 radical (unpaired) electrons.